The van der Waals surface area contributed by atoms with Gasteiger partial charge in [0.15, 0.2) is 11.5 Å². The highest BCUT2D eigenvalue weighted by Gasteiger charge is 2.46. The van der Waals surface area contributed by atoms with E-state index in [1.165, 1.54) is 31.4 Å². The van der Waals surface area contributed by atoms with Gasteiger partial charge in [0.05, 0.1) is 48.7 Å². The van der Waals surface area contributed by atoms with Crippen molar-refractivity contribution in [2.24, 2.45) is 0 Å². The average Bonchev–Trinajstić information content (AvgIpc) is 3.42. The minimum atomic E-state index is -0.919. The first-order chi connectivity index (χ1) is 15.8. The maximum atomic E-state index is 13.1. The number of ether oxygens (including phenoxy) is 2. The lowest BCUT2D eigenvalue weighted by atomic mass is 9.95. The monoisotopic (exact) mass is 487 g/mol. The van der Waals surface area contributed by atoms with Gasteiger partial charge in [-0.25, -0.2) is 0 Å². The molecule has 1 aliphatic rings. The highest BCUT2D eigenvalue weighted by Crippen LogP contribution is 2.42. The average molecular weight is 488 g/mol. The van der Waals surface area contributed by atoms with Gasteiger partial charge in [0, 0.05) is 5.56 Å². The molecule has 2 heterocycles. The molecule has 1 fully saturated rings. The normalized spacial score (nSPS) is 17.5. The molecule has 7 nitrogen and oxygen atoms in total. The van der Waals surface area contributed by atoms with Gasteiger partial charge in [-0.3, -0.25) is 9.59 Å². The van der Waals surface area contributed by atoms with Crippen molar-refractivity contribution >= 4 is 40.7 Å². The maximum absolute atomic E-state index is 13.1. The van der Waals surface area contributed by atoms with Crippen LogP contribution >= 0.6 is 23.2 Å². The second-order valence-corrected chi connectivity index (χ2v) is 8.06. The molecule has 0 spiro atoms. The molecule has 1 aromatic heterocycles. The van der Waals surface area contributed by atoms with Crippen LogP contribution in [-0.2, 0) is 16.1 Å². The molecule has 1 N–H and O–H groups in total. The van der Waals surface area contributed by atoms with E-state index in [-0.39, 0.29) is 28.5 Å². The van der Waals surface area contributed by atoms with Crippen molar-refractivity contribution < 1.29 is 28.6 Å². The van der Waals surface area contributed by atoms with Crippen LogP contribution in [0.5, 0.6) is 11.5 Å². The Labute approximate surface area is 199 Å². The molecule has 1 aliphatic heterocycles. The van der Waals surface area contributed by atoms with Crippen LogP contribution in [0.15, 0.2) is 64.8 Å². The third-order valence-corrected chi connectivity index (χ3v) is 6.10. The van der Waals surface area contributed by atoms with Crippen molar-refractivity contribution in [2.45, 2.75) is 12.6 Å². The van der Waals surface area contributed by atoms with Gasteiger partial charge in [-0.05, 0) is 48.0 Å². The van der Waals surface area contributed by atoms with Crippen molar-refractivity contribution in [3.8, 4) is 11.5 Å². The minimum Gasteiger partial charge on any atom is -0.507 e. The molecular formula is C24H19Cl2NO6. The van der Waals surface area contributed by atoms with Crippen molar-refractivity contribution in [3.63, 3.8) is 0 Å². The Balaban J connectivity index is 1.89. The quantitative estimate of drug-likeness (QED) is 0.291. The summed E-state index contributed by atoms with van der Waals surface area (Å²) >= 11 is 12.3. The van der Waals surface area contributed by atoms with Gasteiger partial charge < -0.3 is 23.9 Å². The Morgan fingerprint density at radius 3 is 2.42 bits per heavy atom. The lowest BCUT2D eigenvalue weighted by Crippen LogP contribution is -2.29. The fraction of sp³-hybridized carbons (Fsp3) is 0.167. The number of likely N-dealkylation sites (tertiary alicyclic amines) is 1. The number of nitrogens with zero attached hydrogens (tertiary/aromatic N) is 1. The first-order valence-corrected chi connectivity index (χ1v) is 10.6. The van der Waals surface area contributed by atoms with E-state index in [1.54, 1.807) is 42.5 Å². The van der Waals surface area contributed by atoms with Gasteiger partial charge in [-0.1, -0.05) is 29.3 Å². The largest absolute Gasteiger partial charge is 0.507 e. The Hall–Kier alpha value is -3.42. The summed E-state index contributed by atoms with van der Waals surface area (Å²) in [6.45, 7) is 0.0190. The zero-order valence-corrected chi connectivity index (χ0v) is 19.2. The molecule has 9 heteroatoms. The van der Waals surface area contributed by atoms with E-state index >= 15 is 0 Å². The number of methoxy groups -OCH3 is 2. The molecule has 1 saturated heterocycles. The number of ketones is 1. The molecule has 0 aliphatic carbocycles. The molecule has 4 rings (SSSR count). The number of halogens is 2. The van der Waals surface area contributed by atoms with E-state index < -0.39 is 17.7 Å². The Morgan fingerprint density at radius 2 is 1.79 bits per heavy atom. The molecule has 0 unspecified atom stereocenters. The summed E-state index contributed by atoms with van der Waals surface area (Å²) in [7, 11) is 2.95. The van der Waals surface area contributed by atoms with E-state index in [0.717, 1.165) is 0 Å². The predicted molar refractivity (Wildman–Crippen MR) is 123 cm³/mol. The predicted octanol–water partition coefficient (Wildman–Crippen LogP) is 5.23. The second kappa shape index (κ2) is 9.21. The molecule has 2 aromatic carbocycles. The number of hydrogen-bond donors (Lipinski definition) is 1. The summed E-state index contributed by atoms with van der Waals surface area (Å²) in [5.41, 5.74) is 0.711. The number of aliphatic hydroxyl groups is 1. The van der Waals surface area contributed by atoms with Crippen molar-refractivity contribution in [2.75, 3.05) is 14.2 Å². The zero-order chi connectivity index (χ0) is 23.7. The van der Waals surface area contributed by atoms with E-state index in [1.807, 2.05) is 0 Å². The number of carbonyl (C=O) groups is 2. The van der Waals surface area contributed by atoms with Crippen LogP contribution < -0.4 is 9.47 Å². The second-order valence-electron chi connectivity index (χ2n) is 7.25. The lowest BCUT2D eigenvalue weighted by Gasteiger charge is -2.25. The van der Waals surface area contributed by atoms with Crippen LogP contribution in [0.1, 0.15) is 22.9 Å². The standard InChI is InChI=1S/C24H19Cl2NO6/c1-31-18-8-6-14(11-19(18)32-2)22(28)20-21(13-5-7-16(25)17(26)10-13)27(24(30)23(20)29)12-15-4-3-9-33-15/h3-11,21,28H,12H2,1-2H3/t21-/m1/s1. The van der Waals surface area contributed by atoms with Crippen LogP contribution in [0, 0.1) is 0 Å². The van der Waals surface area contributed by atoms with Crippen LogP contribution in [0.25, 0.3) is 5.76 Å². The molecule has 0 radical (unpaired) electrons. The van der Waals surface area contributed by atoms with Crippen molar-refractivity contribution in [1.29, 1.82) is 0 Å². The van der Waals surface area contributed by atoms with E-state index in [4.69, 9.17) is 37.1 Å². The first-order valence-electron chi connectivity index (χ1n) is 9.83. The van der Waals surface area contributed by atoms with Crippen LogP contribution in [0.2, 0.25) is 10.0 Å². The fourth-order valence-corrected chi connectivity index (χ4v) is 4.09. The number of amides is 1. The van der Waals surface area contributed by atoms with Crippen molar-refractivity contribution in [1.82, 2.24) is 4.90 Å². The van der Waals surface area contributed by atoms with Crippen LogP contribution in [0.3, 0.4) is 0 Å². The summed E-state index contributed by atoms with van der Waals surface area (Å²) in [5, 5.41) is 11.8. The van der Waals surface area contributed by atoms with Gasteiger partial charge in [-0.2, -0.15) is 0 Å². The number of Topliss-reactive ketones (excluding diaryl/α,β-unsaturated/α-hetero) is 1. The molecule has 0 bridgehead atoms. The molecule has 1 atom stereocenters. The minimum absolute atomic E-state index is 0.0190. The van der Waals surface area contributed by atoms with Crippen LogP contribution in [-0.4, -0.2) is 35.9 Å². The zero-order valence-electron chi connectivity index (χ0n) is 17.7. The molecule has 170 valence electrons. The molecule has 3 aromatic rings. The number of hydrogen-bond acceptors (Lipinski definition) is 6. The Kier molecular flexibility index (Phi) is 6.35. The van der Waals surface area contributed by atoms with Gasteiger partial charge in [0.25, 0.3) is 11.7 Å². The highest BCUT2D eigenvalue weighted by molar-refractivity contribution is 6.46. The molecule has 33 heavy (non-hydrogen) atoms. The third-order valence-electron chi connectivity index (χ3n) is 5.36. The molecule has 1 amide bonds. The summed E-state index contributed by atoms with van der Waals surface area (Å²) in [4.78, 5) is 27.5. The highest BCUT2D eigenvalue weighted by atomic mass is 35.5. The summed E-state index contributed by atoms with van der Waals surface area (Å²) in [6.07, 6.45) is 1.48. The Morgan fingerprint density at radius 1 is 1.03 bits per heavy atom. The third kappa shape index (κ3) is 4.17. The van der Waals surface area contributed by atoms with E-state index in [9.17, 15) is 14.7 Å². The number of furan rings is 1. The Bertz CT molecular complexity index is 1250. The number of aliphatic hydroxyl groups excluding tert-OH is 1. The number of carbonyl (C=O) groups excluding carboxylic acids is 2. The first kappa shape index (κ1) is 22.8. The maximum Gasteiger partial charge on any atom is 0.296 e. The SMILES string of the molecule is COc1ccc(C(O)=C2C(=O)C(=O)N(Cc3ccco3)[C@@H]2c2ccc(Cl)c(Cl)c2)cc1OC. The number of benzene rings is 2. The van der Waals surface area contributed by atoms with Crippen LogP contribution in [0.4, 0.5) is 0 Å². The summed E-state index contributed by atoms with van der Waals surface area (Å²) in [5.74, 6) is -0.666. The topological polar surface area (TPSA) is 89.2 Å². The fourth-order valence-electron chi connectivity index (χ4n) is 3.78. The smallest absolute Gasteiger partial charge is 0.296 e. The molecular weight excluding hydrogens is 469 g/mol. The van der Waals surface area contributed by atoms with Gasteiger partial charge in [0.1, 0.15) is 11.5 Å². The van der Waals surface area contributed by atoms with Gasteiger partial charge in [-0.15, -0.1) is 0 Å². The lowest BCUT2D eigenvalue weighted by molar-refractivity contribution is -0.140. The molecule has 0 saturated carbocycles. The van der Waals surface area contributed by atoms with E-state index in [0.29, 0.717) is 27.8 Å². The summed E-state index contributed by atoms with van der Waals surface area (Å²) < 4.78 is 15.9. The number of rotatable bonds is 6. The van der Waals surface area contributed by atoms with Crippen molar-refractivity contribution in [3.05, 3.63) is 87.3 Å². The van der Waals surface area contributed by atoms with E-state index in [2.05, 4.69) is 0 Å². The summed E-state index contributed by atoms with van der Waals surface area (Å²) in [6, 6.07) is 12.0. The van der Waals surface area contributed by atoms with Gasteiger partial charge >= 0.3 is 0 Å². The van der Waals surface area contributed by atoms with Gasteiger partial charge in [0.2, 0.25) is 0 Å².